The number of aliphatic imine (C=N–C) groups is 1. The van der Waals surface area contributed by atoms with Crippen molar-refractivity contribution in [2.24, 2.45) is 10.9 Å². The number of rotatable bonds is 7. The third-order valence-corrected chi connectivity index (χ3v) is 5.14. The lowest BCUT2D eigenvalue weighted by Crippen LogP contribution is -2.42. The van der Waals surface area contributed by atoms with Crippen LogP contribution in [0.4, 0.5) is 19.1 Å². The van der Waals surface area contributed by atoms with Gasteiger partial charge in [-0.25, -0.2) is 9.97 Å². The molecule has 31 heavy (non-hydrogen) atoms. The molecular formula is C19H31F3IN7O. The SMILES string of the molecule is CCNC(=NCCNc1nccc(C(F)(F)F)n1)N1CCC(CN2CCOCC2)C1.I. The van der Waals surface area contributed by atoms with E-state index in [9.17, 15) is 13.2 Å². The number of nitrogens with one attached hydrogen (secondary N) is 2. The van der Waals surface area contributed by atoms with E-state index in [1.54, 1.807) is 0 Å². The highest BCUT2D eigenvalue weighted by atomic mass is 127. The van der Waals surface area contributed by atoms with E-state index in [-0.39, 0.29) is 29.9 Å². The number of guanidine groups is 1. The highest BCUT2D eigenvalue weighted by molar-refractivity contribution is 14.0. The number of hydrogen-bond acceptors (Lipinski definition) is 6. The van der Waals surface area contributed by atoms with E-state index in [1.807, 2.05) is 6.92 Å². The number of likely N-dealkylation sites (tertiary alicyclic amines) is 1. The average molecular weight is 557 g/mol. The lowest BCUT2D eigenvalue weighted by atomic mass is 10.1. The van der Waals surface area contributed by atoms with Crippen LogP contribution in [0.15, 0.2) is 17.3 Å². The van der Waals surface area contributed by atoms with Gasteiger partial charge in [0.05, 0.1) is 19.8 Å². The second-order valence-electron chi connectivity index (χ2n) is 7.44. The highest BCUT2D eigenvalue weighted by Gasteiger charge is 2.32. The number of hydrogen-bond donors (Lipinski definition) is 2. The summed E-state index contributed by atoms with van der Waals surface area (Å²) in [5, 5.41) is 6.13. The van der Waals surface area contributed by atoms with Crippen LogP contribution < -0.4 is 10.6 Å². The zero-order valence-electron chi connectivity index (χ0n) is 17.7. The minimum atomic E-state index is -4.48. The van der Waals surface area contributed by atoms with E-state index in [0.717, 1.165) is 77.1 Å². The zero-order valence-corrected chi connectivity index (χ0v) is 20.0. The molecule has 0 spiro atoms. The average Bonchev–Trinajstić information content (AvgIpc) is 3.19. The van der Waals surface area contributed by atoms with Crippen molar-refractivity contribution in [3.63, 3.8) is 0 Å². The Morgan fingerprint density at radius 3 is 2.77 bits per heavy atom. The second-order valence-corrected chi connectivity index (χ2v) is 7.44. The van der Waals surface area contributed by atoms with Gasteiger partial charge in [0, 0.05) is 52.0 Å². The standard InChI is InChI=1S/C19H30F3N7O.HI/c1-2-23-18(29-8-4-15(14-29)13-28-9-11-30-12-10-28)26-7-6-25-17-24-5-3-16(27-17)19(20,21)22;/h3,5,15H,2,4,6-14H2,1H3,(H,23,26)(H,24,25,27);1H. The lowest BCUT2D eigenvalue weighted by Gasteiger charge is -2.29. The van der Waals surface area contributed by atoms with Gasteiger partial charge in [0.1, 0.15) is 5.69 Å². The van der Waals surface area contributed by atoms with Crippen LogP contribution >= 0.6 is 24.0 Å². The fraction of sp³-hybridized carbons (Fsp3) is 0.737. The van der Waals surface area contributed by atoms with Crippen molar-refractivity contribution in [1.29, 1.82) is 0 Å². The number of morpholine rings is 1. The third kappa shape index (κ3) is 8.22. The van der Waals surface area contributed by atoms with Crippen molar-refractivity contribution < 1.29 is 17.9 Å². The Hall–Kier alpha value is -1.41. The molecule has 0 aliphatic carbocycles. The number of alkyl halides is 3. The van der Waals surface area contributed by atoms with Gasteiger partial charge in [-0.3, -0.25) is 9.89 Å². The van der Waals surface area contributed by atoms with E-state index >= 15 is 0 Å². The maximum absolute atomic E-state index is 12.7. The first kappa shape index (κ1) is 25.8. The van der Waals surface area contributed by atoms with Gasteiger partial charge in [-0.05, 0) is 25.3 Å². The summed E-state index contributed by atoms with van der Waals surface area (Å²) in [5.41, 5.74) is -0.958. The minimum absolute atomic E-state index is 0. The minimum Gasteiger partial charge on any atom is -0.379 e. The largest absolute Gasteiger partial charge is 0.433 e. The van der Waals surface area contributed by atoms with E-state index in [1.165, 1.54) is 0 Å². The summed E-state index contributed by atoms with van der Waals surface area (Å²) in [6.45, 7) is 10.1. The van der Waals surface area contributed by atoms with Gasteiger partial charge in [-0.1, -0.05) is 0 Å². The summed E-state index contributed by atoms with van der Waals surface area (Å²) in [4.78, 5) is 16.7. The van der Waals surface area contributed by atoms with Crippen molar-refractivity contribution in [3.8, 4) is 0 Å². The Morgan fingerprint density at radius 1 is 1.29 bits per heavy atom. The van der Waals surface area contributed by atoms with Crippen LogP contribution in [0.3, 0.4) is 0 Å². The molecule has 0 aromatic carbocycles. The number of anilines is 1. The summed E-state index contributed by atoms with van der Waals surface area (Å²) < 4.78 is 43.6. The Bertz CT molecular complexity index is 701. The molecule has 1 atom stereocenters. The monoisotopic (exact) mass is 557 g/mol. The Balaban J connectivity index is 0.00000341. The number of nitrogens with zero attached hydrogens (tertiary/aromatic N) is 5. The van der Waals surface area contributed by atoms with E-state index in [0.29, 0.717) is 19.0 Å². The molecule has 2 N–H and O–H groups in total. The van der Waals surface area contributed by atoms with E-state index in [4.69, 9.17) is 4.74 Å². The smallest absolute Gasteiger partial charge is 0.379 e. The first-order valence-electron chi connectivity index (χ1n) is 10.4. The maximum Gasteiger partial charge on any atom is 0.433 e. The molecule has 3 heterocycles. The molecule has 1 unspecified atom stereocenters. The molecule has 2 aliphatic rings. The molecule has 1 aromatic heterocycles. The topological polar surface area (TPSA) is 77.9 Å². The second kappa shape index (κ2) is 12.6. The van der Waals surface area contributed by atoms with Gasteiger partial charge < -0.3 is 20.3 Å². The quantitative estimate of drug-likeness (QED) is 0.230. The lowest BCUT2D eigenvalue weighted by molar-refractivity contribution is -0.141. The fourth-order valence-electron chi connectivity index (χ4n) is 3.68. The fourth-order valence-corrected chi connectivity index (χ4v) is 3.68. The predicted octanol–water partition coefficient (Wildman–Crippen LogP) is 2.14. The number of halogens is 4. The van der Waals surface area contributed by atoms with Gasteiger partial charge in [-0.15, -0.1) is 24.0 Å². The van der Waals surface area contributed by atoms with Crippen LogP contribution in [0.1, 0.15) is 19.0 Å². The van der Waals surface area contributed by atoms with Crippen molar-refractivity contribution in [3.05, 3.63) is 18.0 Å². The van der Waals surface area contributed by atoms with Crippen LogP contribution in [0.5, 0.6) is 0 Å². The van der Waals surface area contributed by atoms with E-state index in [2.05, 4.69) is 35.4 Å². The summed E-state index contributed by atoms with van der Waals surface area (Å²) in [6.07, 6.45) is -2.26. The molecule has 0 radical (unpaired) electrons. The Labute approximate surface area is 198 Å². The summed E-state index contributed by atoms with van der Waals surface area (Å²) in [6, 6.07) is 0.854. The molecule has 0 bridgehead atoms. The van der Waals surface area contributed by atoms with Crippen LogP contribution in [0, 0.1) is 5.92 Å². The van der Waals surface area contributed by atoms with Gasteiger partial charge in [-0.2, -0.15) is 13.2 Å². The normalized spacial score (nSPS) is 20.5. The van der Waals surface area contributed by atoms with Crippen LogP contribution in [0.25, 0.3) is 0 Å². The van der Waals surface area contributed by atoms with Crippen LogP contribution in [-0.4, -0.2) is 91.3 Å². The molecule has 12 heteroatoms. The third-order valence-electron chi connectivity index (χ3n) is 5.14. The van der Waals surface area contributed by atoms with Crippen molar-refractivity contribution in [1.82, 2.24) is 25.1 Å². The molecule has 8 nitrogen and oxygen atoms in total. The number of ether oxygens (including phenoxy) is 1. The molecule has 176 valence electrons. The van der Waals surface area contributed by atoms with Gasteiger partial charge in [0.2, 0.25) is 5.95 Å². The molecule has 1 aromatic rings. The molecule has 3 rings (SSSR count). The number of aromatic nitrogens is 2. The Kier molecular flexibility index (Phi) is 10.5. The van der Waals surface area contributed by atoms with Crippen molar-refractivity contribution in [2.75, 3.05) is 70.9 Å². The van der Waals surface area contributed by atoms with E-state index < -0.39 is 11.9 Å². The Morgan fingerprint density at radius 2 is 2.06 bits per heavy atom. The van der Waals surface area contributed by atoms with Crippen LogP contribution in [0.2, 0.25) is 0 Å². The van der Waals surface area contributed by atoms with Crippen LogP contribution in [-0.2, 0) is 10.9 Å². The summed E-state index contributed by atoms with van der Waals surface area (Å²) in [7, 11) is 0. The van der Waals surface area contributed by atoms with Crippen molar-refractivity contribution >= 4 is 35.9 Å². The molecule has 2 saturated heterocycles. The van der Waals surface area contributed by atoms with Gasteiger partial charge in [0.15, 0.2) is 5.96 Å². The van der Waals surface area contributed by atoms with Crippen molar-refractivity contribution in [2.45, 2.75) is 19.5 Å². The summed E-state index contributed by atoms with van der Waals surface area (Å²) >= 11 is 0. The molecule has 2 fully saturated rings. The predicted molar refractivity (Wildman–Crippen MR) is 124 cm³/mol. The first-order valence-corrected chi connectivity index (χ1v) is 10.4. The molecule has 2 aliphatic heterocycles. The zero-order chi connectivity index (χ0) is 21.4. The van der Waals surface area contributed by atoms with Gasteiger partial charge in [0.25, 0.3) is 0 Å². The highest BCUT2D eigenvalue weighted by Crippen LogP contribution is 2.27. The molecular weight excluding hydrogens is 526 g/mol. The van der Waals surface area contributed by atoms with Gasteiger partial charge >= 0.3 is 6.18 Å². The molecule has 0 saturated carbocycles. The first-order chi connectivity index (χ1) is 14.5. The molecule has 0 amide bonds. The summed E-state index contributed by atoms with van der Waals surface area (Å²) in [5.74, 6) is 1.40. The maximum atomic E-state index is 12.7.